The van der Waals surface area contributed by atoms with Crippen molar-refractivity contribution in [3.8, 4) is 0 Å². The van der Waals surface area contributed by atoms with E-state index in [1.54, 1.807) is 10.9 Å². The number of hydrogen-bond donors (Lipinski definition) is 1. The number of aromatic nitrogens is 2. The van der Waals surface area contributed by atoms with Crippen LogP contribution in [0.15, 0.2) is 42.9 Å². The van der Waals surface area contributed by atoms with E-state index in [2.05, 4.69) is 4.98 Å². The molecule has 2 aromatic rings. The van der Waals surface area contributed by atoms with Crippen LogP contribution in [0, 0.1) is 0 Å². The van der Waals surface area contributed by atoms with Gasteiger partial charge in [0.15, 0.2) is 0 Å². The van der Waals surface area contributed by atoms with Crippen molar-refractivity contribution in [1.29, 1.82) is 0 Å². The highest BCUT2D eigenvalue weighted by molar-refractivity contribution is 5.87. The van der Waals surface area contributed by atoms with Crippen molar-refractivity contribution in [3.05, 3.63) is 54.1 Å². The fourth-order valence-corrected chi connectivity index (χ4v) is 1.97. The van der Waals surface area contributed by atoms with Crippen molar-refractivity contribution in [2.75, 3.05) is 6.61 Å². The minimum atomic E-state index is -1.01. The van der Waals surface area contributed by atoms with Crippen LogP contribution < -0.4 is 0 Å². The average molecular weight is 288 g/mol. The van der Waals surface area contributed by atoms with Crippen molar-refractivity contribution < 1.29 is 19.4 Å². The first-order valence-corrected chi connectivity index (χ1v) is 6.55. The van der Waals surface area contributed by atoms with Gasteiger partial charge in [-0.3, -0.25) is 4.79 Å². The summed E-state index contributed by atoms with van der Waals surface area (Å²) in [5.41, 5.74) is 1.34. The molecule has 0 saturated heterocycles. The highest BCUT2D eigenvalue weighted by Gasteiger charge is 2.18. The maximum atomic E-state index is 12.0. The van der Waals surface area contributed by atoms with E-state index in [4.69, 9.17) is 9.84 Å². The lowest BCUT2D eigenvalue weighted by Crippen LogP contribution is -2.16. The number of ether oxygens (including phenoxy) is 1. The first-order valence-electron chi connectivity index (χ1n) is 6.55. The zero-order chi connectivity index (χ0) is 15.2. The number of carbonyl (C=O) groups is 2. The fraction of sp³-hybridized carbons (Fsp3) is 0.267. The van der Waals surface area contributed by atoms with Gasteiger partial charge in [0, 0.05) is 0 Å². The van der Waals surface area contributed by atoms with E-state index in [1.165, 1.54) is 6.20 Å². The summed E-state index contributed by atoms with van der Waals surface area (Å²) in [4.78, 5) is 26.4. The number of aliphatic carboxylic acids is 1. The molecule has 1 atom stereocenters. The summed E-state index contributed by atoms with van der Waals surface area (Å²) in [7, 11) is 0. The van der Waals surface area contributed by atoms with Gasteiger partial charge in [0.1, 0.15) is 12.3 Å². The number of carboxylic acids is 1. The maximum Gasteiger partial charge on any atom is 0.356 e. The van der Waals surface area contributed by atoms with Gasteiger partial charge in [0.25, 0.3) is 0 Å². The Bertz CT molecular complexity index is 622. The second kappa shape index (κ2) is 6.69. The molecule has 0 bridgehead atoms. The number of rotatable bonds is 6. The predicted octanol–water partition coefficient (Wildman–Crippen LogP) is 2.12. The highest BCUT2D eigenvalue weighted by Crippen LogP contribution is 2.19. The van der Waals surface area contributed by atoms with E-state index in [9.17, 15) is 9.59 Å². The smallest absolute Gasteiger partial charge is 0.356 e. The van der Waals surface area contributed by atoms with E-state index in [-0.39, 0.29) is 19.1 Å². The first kappa shape index (κ1) is 14.8. The summed E-state index contributed by atoms with van der Waals surface area (Å²) in [6.07, 6.45) is 2.77. The molecule has 1 aromatic heterocycles. The zero-order valence-corrected chi connectivity index (χ0v) is 11.6. The standard InChI is InChI=1S/C15H16N2O4/c1-11(12-5-3-2-4-6-12)17-10-16-9-13(17)15(20)21-8-7-14(18)19/h2-6,9-11H,7-8H2,1H3,(H,18,19)/t11-/m1/s1. The molecule has 0 aliphatic carbocycles. The summed E-state index contributed by atoms with van der Waals surface area (Å²) in [5, 5.41) is 8.54. The van der Waals surface area contributed by atoms with E-state index >= 15 is 0 Å². The molecule has 0 aliphatic rings. The van der Waals surface area contributed by atoms with Gasteiger partial charge < -0.3 is 14.4 Å². The lowest BCUT2D eigenvalue weighted by atomic mass is 10.1. The van der Waals surface area contributed by atoms with Crippen LogP contribution in [0.25, 0.3) is 0 Å². The Balaban J connectivity index is 2.11. The molecule has 0 saturated carbocycles. The van der Waals surface area contributed by atoms with Gasteiger partial charge in [-0.25, -0.2) is 9.78 Å². The van der Waals surface area contributed by atoms with Gasteiger partial charge >= 0.3 is 11.9 Å². The summed E-state index contributed by atoms with van der Waals surface area (Å²) < 4.78 is 6.65. The Morgan fingerprint density at radius 1 is 1.33 bits per heavy atom. The monoisotopic (exact) mass is 288 g/mol. The molecular formula is C15H16N2O4. The van der Waals surface area contributed by atoms with Crippen molar-refractivity contribution in [2.24, 2.45) is 0 Å². The normalized spacial score (nSPS) is 11.9. The third-order valence-electron chi connectivity index (χ3n) is 3.12. The van der Waals surface area contributed by atoms with Gasteiger partial charge in [-0.05, 0) is 12.5 Å². The van der Waals surface area contributed by atoms with Gasteiger partial charge in [0.2, 0.25) is 0 Å². The molecule has 0 radical (unpaired) electrons. The number of carbonyl (C=O) groups excluding carboxylic acids is 1. The number of nitrogens with zero attached hydrogens (tertiary/aromatic N) is 2. The minimum absolute atomic E-state index is 0.0734. The van der Waals surface area contributed by atoms with Crippen LogP contribution in [-0.4, -0.2) is 33.2 Å². The van der Waals surface area contributed by atoms with E-state index in [1.807, 2.05) is 37.3 Å². The van der Waals surface area contributed by atoms with Crippen LogP contribution in [0.5, 0.6) is 0 Å². The van der Waals surface area contributed by atoms with Crippen LogP contribution in [-0.2, 0) is 9.53 Å². The highest BCUT2D eigenvalue weighted by atomic mass is 16.5. The molecule has 0 unspecified atom stereocenters. The Morgan fingerprint density at radius 2 is 2.05 bits per heavy atom. The first-order chi connectivity index (χ1) is 10.1. The average Bonchev–Trinajstić information content (AvgIpc) is 2.96. The van der Waals surface area contributed by atoms with E-state index in [0.717, 1.165) is 5.56 Å². The van der Waals surface area contributed by atoms with Crippen LogP contribution in [0.2, 0.25) is 0 Å². The fourth-order valence-electron chi connectivity index (χ4n) is 1.97. The van der Waals surface area contributed by atoms with Crippen molar-refractivity contribution in [3.63, 3.8) is 0 Å². The minimum Gasteiger partial charge on any atom is -0.481 e. The second-order valence-electron chi connectivity index (χ2n) is 4.55. The second-order valence-corrected chi connectivity index (χ2v) is 4.55. The SMILES string of the molecule is C[C@H](c1ccccc1)n1cncc1C(=O)OCCC(=O)O. The van der Waals surface area contributed by atoms with Crippen molar-refractivity contribution >= 4 is 11.9 Å². The molecule has 6 nitrogen and oxygen atoms in total. The molecule has 0 fully saturated rings. The van der Waals surface area contributed by atoms with Gasteiger partial charge in [-0.15, -0.1) is 0 Å². The summed E-state index contributed by atoms with van der Waals surface area (Å²) in [6.45, 7) is 1.80. The molecule has 0 spiro atoms. The summed E-state index contributed by atoms with van der Waals surface area (Å²) in [6, 6.07) is 9.62. The molecule has 6 heteroatoms. The zero-order valence-electron chi connectivity index (χ0n) is 11.6. The van der Waals surface area contributed by atoms with Crippen molar-refractivity contribution in [1.82, 2.24) is 9.55 Å². The quantitative estimate of drug-likeness (QED) is 0.823. The molecule has 0 aliphatic heterocycles. The van der Waals surface area contributed by atoms with Crippen LogP contribution in [0.3, 0.4) is 0 Å². The predicted molar refractivity (Wildman–Crippen MR) is 75.0 cm³/mol. The van der Waals surface area contributed by atoms with E-state index in [0.29, 0.717) is 5.69 Å². The van der Waals surface area contributed by atoms with Crippen LogP contribution >= 0.6 is 0 Å². The third kappa shape index (κ3) is 3.68. The number of carboxylic acid groups (broad SMARTS) is 1. The molecule has 110 valence electrons. The van der Waals surface area contributed by atoms with Gasteiger partial charge in [0.05, 0.1) is 25.0 Å². The molecule has 0 amide bonds. The van der Waals surface area contributed by atoms with Crippen molar-refractivity contribution in [2.45, 2.75) is 19.4 Å². The number of benzene rings is 1. The molecule has 1 heterocycles. The molecule has 21 heavy (non-hydrogen) atoms. The molecule has 2 rings (SSSR count). The maximum absolute atomic E-state index is 12.0. The lowest BCUT2D eigenvalue weighted by Gasteiger charge is -2.16. The Kier molecular flexibility index (Phi) is 4.71. The molecule has 1 N–H and O–H groups in total. The Labute approximate surface area is 122 Å². The number of esters is 1. The molecular weight excluding hydrogens is 272 g/mol. The molecule has 1 aromatic carbocycles. The largest absolute Gasteiger partial charge is 0.481 e. The number of imidazole rings is 1. The van der Waals surface area contributed by atoms with Crippen LogP contribution in [0.1, 0.15) is 35.4 Å². The van der Waals surface area contributed by atoms with Gasteiger partial charge in [-0.1, -0.05) is 30.3 Å². The topological polar surface area (TPSA) is 81.4 Å². The van der Waals surface area contributed by atoms with Crippen LogP contribution in [0.4, 0.5) is 0 Å². The summed E-state index contributed by atoms with van der Waals surface area (Å²) >= 11 is 0. The third-order valence-corrected chi connectivity index (χ3v) is 3.12. The lowest BCUT2D eigenvalue weighted by molar-refractivity contribution is -0.137. The van der Waals surface area contributed by atoms with Gasteiger partial charge in [-0.2, -0.15) is 0 Å². The number of hydrogen-bond acceptors (Lipinski definition) is 4. The Hall–Kier alpha value is -2.63. The van der Waals surface area contributed by atoms with E-state index < -0.39 is 11.9 Å². The Morgan fingerprint density at radius 3 is 2.71 bits per heavy atom. The summed E-state index contributed by atoms with van der Waals surface area (Å²) in [5.74, 6) is -1.58.